The van der Waals surface area contributed by atoms with E-state index in [2.05, 4.69) is 17.4 Å². The molecule has 0 aromatic heterocycles. The Bertz CT molecular complexity index is 1320. The van der Waals surface area contributed by atoms with Crippen molar-refractivity contribution in [3.05, 3.63) is 83.4 Å². The second-order valence-electron chi connectivity index (χ2n) is 8.76. The minimum absolute atomic E-state index is 0.117. The first kappa shape index (κ1) is 26.1. The standard InChI is InChI=1S/C28H32N2O4S2/c1-4-34-27-11-6-5-10-26(27)30(36(32,33)25-16-14-24(35-3)15-17-25)19-28(31)29-20(2)22-13-12-21-8-7-9-23(21)18-22/h5-6,10-18,20H,4,7-9,19H2,1-3H3,(H,29,31)/t20-/m0/s1. The fraction of sp³-hybridized carbons (Fsp3) is 0.321. The summed E-state index contributed by atoms with van der Waals surface area (Å²) in [6.45, 7) is 3.76. The SMILES string of the molecule is CCOc1ccccc1N(CC(=O)N[C@@H](C)c1ccc2c(c1)CCC2)S(=O)(=O)c1ccc(SC)cc1. The quantitative estimate of drug-likeness (QED) is 0.361. The zero-order valence-electron chi connectivity index (χ0n) is 20.9. The van der Waals surface area contributed by atoms with E-state index in [-0.39, 0.29) is 17.5 Å². The second-order valence-corrected chi connectivity index (χ2v) is 11.5. The summed E-state index contributed by atoms with van der Waals surface area (Å²) in [4.78, 5) is 14.3. The highest BCUT2D eigenvalue weighted by atomic mass is 32.2. The van der Waals surface area contributed by atoms with Crippen LogP contribution in [0.25, 0.3) is 0 Å². The van der Waals surface area contributed by atoms with Crippen molar-refractivity contribution in [2.24, 2.45) is 0 Å². The lowest BCUT2D eigenvalue weighted by molar-refractivity contribution is -0.120. The number of sulfonamides is 1. The van der Waals surface area contributed by atoms with Crippen LogP contribution >= 0.6 is 11.8 Å². The van der Waals surface area contributed by atoms with Crippen molar-refractivity contribution in [1.29, 1.82) is 0 Å². The molecule has 1 aliphatic rings. The van der Waals surface area contributed by atoms with Crippen molar-refractivity contribution in [2.75, 3.05) is 23.7 Å². The van der Waals surface area contributed by atoms with Crippen LogP contribution in [0.1, 0.15) is 43.0 Å². The molecule has 3 aromatic carbocycles. The summed E-state index contributed by atoms with van der Waals surface area (Å²) in [6, 6.07) is 19.6. The van der Waals surface area contributed by atoms with E-state index in [1.54, 1.807) is 48.5 Å². The predicted octanol–water partition coefficient (Wildman–Crippen LogP) is 5.37. The molecule has 0 saturated heterocycles. The minimum atomic E-state index is -4.04. The summed E-state index contributed by atoms with van der Waals surface area (Å²) in [5, 5.41) is 2.99. The molecule has 4 rings (SSSR count). The predicted molar refractivity (Wildman–Crippen MR) is 145 cm³/mol. The molecule has 1 N–H and O–H groups in total. The first-order valence-electron chi connectivity index (χ1n) is 12.1. The highest BCUT2D eigenvalue weighted by Gasteiger charge is 2.30. The van der Waals surface area contributed by atoms with Crippen molar-refractivity contribution in [3.8, 4) is 5.75 Å². The van der Waals surface area contributed by atoms with Crippen LogP contribution in [0.2, 0.25) is 0 Å². The number of ether oxygens (including phenoxy) is 1. The van der Waals surface area contributed by atoms with Gasteiger partial charge in [0.15, 0.2) is 0 Å². The van der Waals surface area contributed by atoms with Crippen LogP contribution in [0.15, 0.2) is 76.5 Å². The fourth-order valence-corrected chi connectivity index (χ4v) is 6.32. The number of fused-ring (bicyclic) bond motifs is 1. The molecule has 0 fully saturated rings. The largest absolute Gasteiger partial charge is 0.492 e. The molecule has 1 atom stereocenters. The first-order valence-corrected chi connectivity index (χ1v) is 14.8. The van der Waals surface area contributed by atoms with Crippen LogP contribution in [-0.4, -0.2) is 33.7 Å². The van der Waals surface area contributed by atoms with Gasteiger partial charge in [0.05, 0.1) is 23.2 Å². The third-order valence-corrected chi connectivity index (χ3v) is 8.89. The van der Waals surface area contributed by atoms with Crippen LogP contribution in [0.5, 0.6) is 5.75 Å². The van der Waals surface area contributed by atoms with E-state index >= 15 is 0 Å². The van der Waals surface area contributed by atoms with E-state index in [1.807, 2.05) is 26.2 Å². The van der Waals surface area contributed by atoms with Gasteiger partial charge in [-0.3, -0.25) is 9.10 Å². The number of hydrogen-bond donors (Lipinski definition) is 1. The molecule has 6 nitrogen and oxygen atoms in total. The van der Waals surface area contributed by atoms with Crippen molar-refractivity contribution in [3.63, 3.8) is 0 Å². The number of nitrogens with one attached hydrogen (secondary N) is 1. The molecular weight excluding hydrogens is 492 g/mol. The van der Waals surface area contributed by atoms with Gasteiger partial charge in [-0.1, -0.05) is 30.3 Å². The summed E-state index contributed by atoms with van der Waals surface area (Å²) in [7, 11) is -4.04. The van der Waals surface area contributed by atoms with Gasteiger partial charge in [0.1, 0.15) is 12.3 Å². The van der Waals surface area contributed by atoms with Crippen molar-refractivity contribution < 1.29 is 17.9 Å². The van der Waals surface area contributed by atoms with Crippen LogP contribution in [0, 0.1) is 0 Å². The molecule has 190 valence electrons. The molecule has 0 heterocycles. The van der Waals surface area contributed by atoms with Gasteiger partial charge in [-0.2, -0.15) is 0 Å². The molecular formula is C28H32N2O4S2. The van der Waals surface area contributed by atoms with Crippen molar-refractivity contribution in [1.82, 2.24) is 5.32 Å². The molecule has 0 bridgehead atoms. The van der Waals surface area contributed by atoms with Gasteiger partial charge in [0.2, 0.25) is 5.91 Å². The number of thioether (sulfide) groups is 1. The highest BCUT2D eigenvalue weighted by molar-refractivity contribution is 7.98. The average Bonchev–Trinajstić information content (AvgIpc) is 3.36. The van der Waals surface area contributed by atoms with E-state index in [0.717, 1.165) is 34.0 Å². The fourth-order valence-electron chi connectivity index (χ4n) is 4.48. The van der Waals surface area contributed by atoms with Gasteiger partial charge in [-0.25, -0.2) is 8.42 Å². The molecule has 0 unspecified atom stereocenters. The Kier molecular flexibility index (Phi) is 8.26. The van der Waals surface area contributed by atoms with E-state index in [1.165, 1.54) is 22.9 Å². The number of para-hydroxylation sites is 2. The lowest BCUT2D eigenvalue weighted by atomic mass is 10.0. The Morgan fingerprint density at radius 1 is 1.06 bits per heavy atom. The number of aryl methyl sites for hydroxylation is 2. The number of rotatable bonds is 10. The third kappa shape index (κ3) is 5.71. The molecule has 0 saturated carbocycles. The monoisotopic (exact) mass is 524 g/mol. The number of anilines is 1. The number of carbonyl (C=O) groups excluding carboxylic acids is 1. The molecule has 8 heteroatoms. The van der Waals surface area contributed by atoms with Gasteiger partial charge in [0, 0.05) is 4.90 Å². The molecule has 3 aromatic rings. The van der Waals surface area contributed by atoms with E-state index in [4.69, 9.17) is 4.74 Å². The summed E-state index contributed by atoms with van der Waals surface area (Å²) >= 11 is 1.53. The third-order valence-electron chi connectivity index (χ3n) is 6.37. The Labute approximate surface area is 218 Å². The topological polar surface area (TPSA) is 75.7 Å². The maximum absolute atomic E-state index is 13.8. The maximum Gasteiger partial charge on any atom is 0.264 e. The smallest absolute Gasteiger partial charge is 0.264 e. The van der Waals surface area contributed by atoms with Gasteiger partial charge < -0.3 is 10.1 Å². The van der Waals surface area contributed by atoms with E-state index < -0.39 is 15.9 Å². The van der Waals surface area contributed by atoms with Crippen molar-refractivity contribution in [2.45, 2.75) is 48.9 Å². The highest BCUT2D eigenvalue weighted by Crippen LogP contribution is 2.33. The first-order chi connectivity index (χ1) is 17.3. The van der Waals surface area contributed by atoms with Crippen LogP contribution in [-0.2, 0) is 27.7 Å². The van der Waals surface area contributed by atoms with E-state index in [9.17, 15) is 13.2 Å². The molecule has 0 aliphatic heterocycles. The van der Waals surface area contributed by atoms with Crippen molar-refractivity contribution >= 4 is 33.4 Å². The number of carbonyl (C=O) groups is 1. The number of nitrogens with zero attached hydrogens (tertiary/aromatic N) is 1. The minimum Gasteiger partial charge on any atom is -0.492 e. The van der Waals surface area contributed by atoms with Gasteiger partial charge in [-0.05, 0) is 92.5 Å². The second kappa shape index (κ2) is 11.4. The number of benzene rings is 3. The molecule has 1 amide bonds. The zero-order chi connectivity index (χ0) is 25.7. The average molecular weight is 525 g/mol. The summed E-state index contributed by atoms with van der Waals surface area (Å²) < 4.78 is 34.4. The summed E-state index contributed by atoms with van der Waals surface area (Å²) in [5.74, 6) is 0.0161. The van der Waals surface area contributed by atoms with E-state index in [0.29, 0.717) is 18.0 Å². The van der Waals surface area contributed by atoms with Crippen LogP contribution in [0.4, 0.5) is 5.69 Å². The molecule has 0 radical (unpaired) electrons. The van der Waals surface area contributed by atoms with Gasteiger partial charge in [0.25, 0.3) is 10.0 Å². The molecule has 1 aliphatic carbocycles. The van der Waals surface area contributed by atoms with Crippen LogP contribution < -0.4 is 14.4 Å². The summed E-state index contributed by atoms with van der Waals surface area (Å²) in [6.07, 6.45) is 5.24. The number of hydrogen-bond acceptors (Lipinski definition) is 5. The Morgan fingerprint density at radius 2 is 1.78 bits per heavy atom. The number of amides is 1. The molecule has 0 spiro atoms. The Morgan fingerprint density at radius 3 is 2.50 bits per heavy atom. The molecule has 36 heavy (non-hydrogen) atoms. The Balaban J connectivity index is 1.62. The normalized spacial score (nSPS) is 13.6. The maximum atomic E-state index is 13.8. The van der Waals surface area contributed by atoms with Gasteiger partial charge in [-0.15, -0.1) is 11.8 Å². The lowest BCUT2D eigenvalue weighted by Crippen LogP contribution is -2.41. The van der Waals surface area contributed by atoms with Crippen LogP contribution in [0.3, 0.4) is 0 Å². The Hall–Kier alpha value is -2.97. The van der Waals surface area contributed by atoms with Gasteiger partial charge >= 0.3 is 0 Å². The lowest BCUT2D eigenvalue weighted by Gasteiger charge is -2.27. The zero-order valence-corrected chi connectivity index (χ0v) is 22.5. The summed E-state index contributed by atoms with van der Waals surface area (Å²) in [5.41, 5.74) is 4.04.